The van der Waals surface area contributed by atoms with Crippen LogP contribution < -0.4 is 5.32 Å². The zero-order chi connectivity index (χ0) is 17.3. The van der Waals surface area contributed by atoms with Gasteiger partial charge >= 0.3 is 0 Å². The molecule has 7 heteroatoms. The average molecular weight is 330 g/mol. The van der Waals surface area contributed by atoms with Crippen LogP contribution >= 0.6 is 0 Å². The molecule has 1 amide bonds. The summed E-state index contributed by atoms with van der Waals surface area (Å²) in [6.07, 6.45) is 4.01. The summed E-state index contributed by atoms with van der Waals surface area (Å²) in [5.41, 5.74) is 3.81. The van der Waals surface area contributed by atoms with Gasteiger partial charge < -0.3 is 5.32 Å². The van der Waals surface area contributed by atoms with Crippen molar-refractivity contribution in [1.29, 1.82) is 0 Å². The summed E-state index contributed by atoms with van der Waals surface area (Å²) in [4.78, 5) is 15.0. The molecule has 2 aromatic heterocycles. The first-order valence-corrected chi connectivity index (χ1v) is 8.51. The standard InChI is InChI=1S/C17H26N6O/c1-11-16(12(2)22(4)21-11)19-17(24)13(3)23-9-5-6-14(10-23)15-7-8-18-20-15/h7-8,13-14H,5-6,9-10H2,1-4H3,(H,18,20)(H,19,24)/t13-,14+/m0/s1. The number of hydrogen-bond acceptors (Lipinski definition) is 4. The average Bonchev–Trinajstić information content (AvgIpc) is 3.19. The van der Waals surface area contributed by atoms with Gasteiger partial charge in [-0.25, -0.2) is 0 Å². The van der Waals surface area contributed by atoms with Gasteiger partial charge in [-0.05, 0) is 46.2 Å². The predicted molar refractivity (Wildman–Crippen MR) is 92.9 cm³/mol. The number of carbonyl (C=O) groups excluding carboxylic acids is 1. The molecule has 0 saturated carbocycles. The molecule has 1 aliphatic heterocycles. The number of nitrogens with one attached hydrogen (secondary N) is 2. The van der Waals surface area contributed by atoms with Crippen LogP contribution in [-0.2, 0) is 11.8 Å². The quantitative estimate of drug-likeness (QED) is 0.898. The lowest BCUT2D eigenvalue weighted by Crippen LogP contribution is -2.46. The maximum atomic E-state index is 12.7. The molecule has 7 nitrogen and oxygen atoms in total. The molecule has 1 aliphatic rings. The molecule has 0 radical (unpaired) electrons. The summed E-state index contributed by atoms with van der Waals surface area (Å²) in [6.45, 7) is 7.69. The van der Waals surface area contributed by atoms with Crippen LogP contribution in [0, 0.1) is 13.8 Å². The molecule has 1 saturated heterocycles. The third-order valence-corrected chi connectivity index (χ3v) is 5.10. The second-order valence-corrected chi connectivity index (χ2v) is 6.68. The van der Waals surface area contributed by atoms with Crippen LogP contribution in [0.1, 0.15) is 42.8 Å². The number of piperidine rings is 1. The van der Waals surface area contributed by atoms with Crippen molar-refractivity contribution in [3.8, 4) is 0 Å². The van der Waals surface area contributed by atoms with Crippen LogP contribution in [0.2, 0.25) is 0 Å². The normalized spacial score (nSPS) is 20.1. The van der Waals surface area contributed by atoms with Crippen LogP contribution in [0.3, 0.4) is 0 Å². The molecule has 2 N–H and O–H groups in total. The minimum atomic E-state index is -0.172. The number of hydrogen-bond donors (Lipinski definition) is 2. The molecule has 2 atom stereocenters. The number of anilines is 1. The summed E-state index contributed by atoms with van der Waals surface area (Å²) < 4.78 is 1.80. The van der Waals surface area contributed by atoms with Crippen molar-refractivity contribution in [2.24, 2.45) is 7.05 Å². The highest BCUT2D eigenvalue weighted by Crippen LogP contribution is 2.27. The van der Waals surface area contributed by atoms with Crippen molar-refractivity contribution in [2.45, 2.75) is 45.6 Å². The highest BCUT2D eigenvalue weighted by Gasteiger charge is 2.29. The van der Waals surface area contributed by atoms with Gasteiger partial charge in [-0.3, -0.25) is 19.5 Å². The molecular weight excluding hydrogens is 304 g/mol. The van der Waals surface area contributed by atoms with E-state index in [9.17, 15) is 4.79 Å². The monoisotopic (exact) mass is 330 g/mol. The molecule has 3 rings (SSSR count). The lowest BCUT2D eigenvalue weighted by Gasteiger charge is -2.35. The fourth-order valence-electron chi connectivity index (χ4n) is 3.45. The molecule has 2 aromatic rings. The van der Waals surface area contributed by atoms with Crippen molar-refractivity contribution in [2.75, 3.05) is 18.4 Å². The molecular formula is C17H26N6O. The highest BCUT2D eigenvalue weighted by molar-refractivity contribution is 5.95. The molecule has 0 aliphatic carbocycles. The van der Waals surface area contributed by atoms with E-state index in [-0.39, 0.29) is 11.9 Å². The van der Waals surface area contributed by atoms with E-state index in [1.807, 2.05) is 33.9 Å². The van der Waals surface area contributed by atoms with E-state index in [4.69, 9.17) is 0 Å². The minimum absolute atomic E-state index is 0.0273. The Labute approximate surface area is 142 Å². The number of aromatic amines is 1. The number of amides is 1. The Hall–Kier alpha value is -2.15. The minimum Gasteiger partial charge on any atom is -0.322 e. The summed E-state index contributed by atoms with van der Waals surface area (Å²) in [7, 11) is 1.89. The predicted octanol–water partition coefficient (Wildman–Crippen LogP) is 1.97. The number of likely N-dealkylation sites (tertiary alicyclic amines) is 1. The fourth-order valence-corrected chi connectivity index (χ4v) is 3.45. The first kappa shape index (κ1) is 16.7. The molecule has 24 heavy (non-hydrogen) atoms. The zero-order valence-electron chi connectivity index (χ0n) is 14.8. The van der Waals surface area contributed by atoms with Crippen molar-refractivity contribution in [3.05, 3.63) is 29.3 Å². The van der Waals surface area contributed by atoms with Crippen molar-refractivity contribution in [1.82, 2.24) is 24.9 Å². The van der Waals surface area contributed by atoms with Crippen LogP contribution in [0.25, 0.3) is 0 Å². The maximum absolute atomic E-state index is 12.7. The Morgan fingerprint density at radius 1 is 1.46 bits per heavy atom. The second-order valence-electron chi connectivity index (χ2n) is 6.68. The number of H-pyrrole nitrogens is 1. The van der Waals surface area contributed by atoms with E-state index in [0.29, 0.717) is 5.92 Å². The third kappa shape index (κ3) is 3.21. The summed E-state index contributed by atoms with van der Waals surface area (Å²) >= 11 is 0. The summed E-state index contributed by atoms with van der Waals surface area (Å²) in [6, 6.07) is 1.86. The zero-order valence-corrected chi connectivity index (χ0v) is 14.8. The van der Waals surface area contributed by atoms with E-state index in [1.165, 1.54) is 0 Å². The van der Waals surface area contributed by atoms with Crippen LogP contribution in [0.15, 0.2) is 12.3 Å². The van der Waals surface area contributed by atoms with Crippen molar-refractivity contribution >= 4 is 11.6 Å². The third-order valence-electron chi connectivity index (χ3n) is 5.10. The number of aryl methyl sites for hydroxylation is 2. The van der Waals surface area contributed by atoms with Gasteiger partial charge in [-0.15, -0.1) is 0 Å². The second kappa shape index (κ2) is 6.76. The number of rotatable bonds is 4. The molecule has 3 heterocycles. The lowest BCUT2D eigenvalue weighted by atomic mass is 9.94. The molecule has 0 unspecified atom stereocenters. The first-order chi connectivity index (χ1) is 11.5. The first-order valence-electron chi connectivity index (χ1n) is 8.51. The van der Waals surface area contributed by atoms with Gasteiger partial charge in [-0.1, -0.05) is 0 Å². The van der Waals surface area contributed by atoms with Crippen molar-refractivity contribution in [3.63, 3.8) is 0 Å². The molecule has 130 valence electrons. The molecule has 1 fully saturated rings. The van der Waals surface area contributed by atoms with Gasteiger partial charge in [0.15, 0.2) is 0 Å². The maximum Gasteiger partial charge on any atom is 0.241 e. The lowest BCUT2D eigenvalue weighted by molar-refractivity contribution is -0.121. The van der Waals surface area contributed by atoms with Gasteiger partial charge in [0.25, 0.3) is 0 Å². The fraction of sp³-hybridized carbons (Fsp3) is 0.588. The largest absolute Gasteiger partial charge is 0.322 e. The van der Waals surface area contributed by atoms with Gasteiger partial charge in [0.2, 0.25) is 5.91 Å². The summed E-state index contributed by atoms with van der Waals surface area (Å²) in [5.74, 6) is 0.442. The summed E-state index contributed by atoms with van der Waals surface area (Å²) in [5, 5.41) is 14.5. The van der Waals surface area contributed by atoms with E-state index in [0.717, 1.165) is 48.7 Å². The van der Waals surface area contributed by atoms with E-state index in [2.05, 4.69) is 25.5 Å². The molecule has 0 bridgehead atoms. The van der Waals surface area contributed by atoms with Gasteiger partial charge in [0.1, 0.15) is 0 Å². The number of nitrogens with zero attached hydrogens (tertiary/aromatic N) is 4. The smallest absolute Gasteiger partial charge is 0.241 e. The molecule has 0 spiro atoms. The topological polar surface area (TPSA) is 78.8 Å². The van der Waals surface area contributed by atoms with Gasteiger partial charge in [0, 0.05) is 31.4 Å². The Morgan fingerprint density at radius 2 is 2.25 bits per heavy atom. The Bertz CT molecular complexity index is 705. The van der Waals surface area contributed by atoms with Crippen LogP contribution in [0.5, 0.6) is 0 Å². The number of aromatic nitrogens is 4. The molecule has 0 aromatic carbocycles. The van der Waals surface area contributed by atoms with E-state index in [1.54, 1.807) is 10.9 Å². The van der Waals surface area contributed by atoms with Crippen LogP contribution in [0.4, 0.5) is 5.69 Å². The van der Waals surface area contributed by atoms with Gasteiger partial charge in [-0.2, -0.15) is 10.2 Å². The van der Waals surface area contributed by atoms with E-state index >= 15 is 0 Å². The van der Waals surface area contributed by atoms with Gasteiger partial charge in [0.05, 0.1) is 23.1 Å². The Kier molecular flexibility index (Phi) is 4.71. The Morgan fingerprint density at radius 3 is 2.88 bits per heavy atom. The van der Waals surface area contributed by atoms with Crippen molar-refractivity contribution < 1.29 is 4.79 Å². The Balaban J connectivity index is 1.66. The van der Waals surface area contributed by atoms with E-state index < -0.39 is 0 Å². The SMILES string of the molecule is Cc1nn(C)c(C)c1NC(=O)[C@H](C)N1CCC[C@@H](c2ccn[nH]2)C1. The van der Waals surface area contributed by atoms with Crippen LogP contribution in [-0.4, -0.2) is 49.9 Å². The number of carbonyl (C=O) groups is 1. The highest BCUT2D eigenvalue weighted by atomic mass is 16.2.